The molecule has 2 aromatic carbocycles. The highest BCUT2D eigenvalue weighted by atomic mass is 19.1. The molecule has 5 nitrogen and oxygen atoms in total. The van der Waals surface area contributed by atoms with E-state index >= 15 is 0 Å². The molecular weight excluding hydrogens is 364 g/mol. The monoisotopic (exact) mass is 387 g/mol. The van der Waals surface area contributed by atoms with Gasteiger partial charge in [-0.25, -0.2) is 13.6 Å². The fraction of sp³-hybridized carbons (Fsp3) is 0.333. The van der Waals surface area contributed by atoms with Crippen molar-refractivity contribution in [3.63, 3.8) is 0 Å². The molecule has 0 atom stereocenters. The predicted molar refractivity (Wildman–Crippen MR) is 103 cm³/mol. The SMILES string of the molecule is CC1(C(=O)NCc2ccc(F)cc2)CCN(C(=O)Nc2ccccc2F)CC1. The largest absolute Gasteiger partial charge is 0.352 e. The molecule has 3 rings (SSSR count). The van der Waals surface area contributed by atoms with Crippen LogP contribution in [0.2, 0.25) is 0 Å². The summed E-state index contributed by atoms with van der Waals surface area (Å²) < 4.78 is 26.6. The first-order valence-electron chi connectivity index (χ1n) is 9.21. The number of halogens is 2. The number of urea groups is 1. The van der Waals surface area contributed by atoms with E-state index < -0.39 is 11.2 Å². The van der Waals surface area contributed by atoms with Gasteiger partial charge in [0.1, 0.15) is 11.6 Å². The number of nitrogens with one attached hydrogen (secondary N) is 2. The second kappa shape index (κ2) is 8.37. The summed E-state index contributed by atoms with van der Waals surface area (Å²) in [4.78, 5) is 26.6. The van der Waals surface area contributed by atoms with Crippen molar-refractivity contribution >= 4 is 17.6 Å². The van der Waals surface area contributed by atoms with E-state index in [4.69, 9.17) is 0 Å². The van der Waals surface area contributed by atoms with Crippen LogP contribution in [-0.4, -0.2) is 29.9 Å². The zero-order valence-corrected chi connectivity index (χ0v) is 15.7. The van der Waals surface area contributed by atoms with Crippen molar-refractivity contribution < 1.29 is 18.4 Å². The zero-order chi connectivity index (χ0) is 20.1. The Morgan fingerprint density at radius 2 is 1.68 bits per heavy atom. The van der Waals surface area contributed by atoms with E-state index in [1.807, 2.05) is 6.92 Å². The lowest BCUT2D eigenvalue weighted by Gasteiger charge is -2.38. The Morgan fingerprint density at radius 1 is 1.04 bits per heavy atom. The lowest BCUT2D eigenvalue weighted by molar-refractivity contribution is -0.132. The molecule has 0 aromatic heterocycles. The maximum Gasteiger partial charge on any atom is 0.321 e. The second-order valence-electron chi connectivity index (χ2n) is 7.27. The van der Waals surface area contributed by atoms with E-state index in [9.17, 15) is 18.4 Å². The summed E-state index contributed by atoms with van der Waals surface area (Å²) in [5.74, 6) is -0.896. The molecule has 3 amide bonds. The van der Waals surface area contributed by atoms with Crippen LogP contribution in [0, 0.1) is 17.0 Å². The number of carbonyl (C=O) groups excluding carboxylic acids is 2. The minimum atomic E-state index is -0.588. The molecule has 2 N–H and O–H groups in total. The average Bonchev–Trinajstić information content (AvgIpc) is 2.69. The molecule has 0 aliphatic carbocycles. The van der Waals surface area contributed by atoms with Crippen LogP contribution in [-0.2, 0) is 11.3 Å². The Hall–Kier alpha value is -2.96. The third-order valence-electron chi connectivity index (χ3n) is 5.18. The number of rotatable bonds is 4. The third-order valence-corrected chi connectivity index (χ3v) is 5.18. The van der Waals surface area contributed by atoms with Crippen LogP contribution < -0.4 is 10.6 Å². The van der Waals surface area contributed by atoms with E-state index in [0.29, 0.717) is 32.5 Å². The molecule has 0 bridgehead atoms. The van der Waals surface area contributed by atoms with Gasteiger partial charge in [-0.3, -0.25) is 4.79 Å². The minimum absolute atomic E-state index is 0.0917. The molecule has 0 saturated carbocycles. The maximum absolute atomic E-state index is 13.7. The number of amides is 3. The number of piperidine rings is 1. The van der Waals surface area contributed by atoms with Gasteiger partial charge in [0.25, 0.3) is 0 Å². The first-order valence-corrected chi connectivity index (χ1v) is 9.21. The van der Waals surface area contributed by atoms with Crippen molar-refractivity contribution in [3.8, 4) is 0 Å². The van der Waals surface area contributed by atoms with Gasteiger partial charge in [0.2, 0.25) is 5.91 Å². The topological polar surface area (TPSA) is 61.4 Å². The third kappa shape index (κ3) is 4.65. The van der Waals surface area contributed by atoms with Gasteiger partial charge >= 0.3 is 6.03 Å². The quantitative estimate of drug-likeness (QED) is 0.836. The fourth-order valence-electron chi connectivity index (χ4n) is 3.19. The lowest BCUT2D eigenvalue weighted by Crippen LogP contribution is -2.49. The predicted octanol–water partition coefficient (Wildman–Crippen LogP) is 3.92. The van der Waals surface area contributed by atoms with Gasteiger partial charge in [-0.15, -0.1) is 0 Å². The number of nitrogens with zero attached hydrogens (tertiary/aromatic N) is 1. The van der Waals surface area contributed by atoms with Crippen molar-refractivity contribution in [2.75, 3.05) is 18.4 Å². The molecule has 2 aromatic rings. The van der Waals surface area contributed by atoms with Crippen LogP contribution in [0.5, 0.6) is 0 Å². The Labute approximate surface area is 162 Å². The van der Waals surface area contributed by atoms with E-state index in [0.717, 1.165) is 5.56 Å². The van der Waals surface area contributed by atoms with Crippen molar-refractivity contribution in [2.45, 2.75) is 26.3 Å². The molecule has 1 aliphatic rings. The summed E-state index contributed by atoms with van der Waals surface area (Å²) in [7, 11) is 0. The zero-order valence-electron chi connectivity index (χ0n) is 15.7. The molecule has 7 heteroatoms. The van der Waals surface area contributed by atoms with E-state index in [1.54, 1.807) is 29.2 Å². The number of hydrogen-bond acceptors (Lipinski definition) is 2. The summed E-state index contributed by atoms with van der Waals surface area (Å²) >= 11 is 0. The van der Waals surface area contributed by atoms with E-state index in [1.165, 1.54) is 24.3 Å². The lowest BCUT2D eigenvalue weighted by atomic mass is 9.79. The van der Waals surface area contributed by atoms with Crippen LogP contribution in [0.1, 0.15) is 25.3 Å². The molecule has 0 radical (unpaired) electrons. The van der Waals surface area contributed by atoms with Crippen molar-refractivity contribution in [3.05, 3.63) is 65.7 Å². The first kappa shape index (κ1) is 19.8. The molecule has 148 valence electrons. The summed E-state index contributed by atoms with van der Waals surface area (Å²) in [6.45, 7) is 3.01. The van der Waals surface area contributed by atoms with Gasteiger partial charge in [0, 0.05) is 25.0 Å². The molecular formula is C21H23F2N3O2. The Kier molecular flexibility index (Phi) is 5.92. The Bertz CT molecular complexity index is 847. The molecule has 1 heterocycles. The van der Waals surface area contributed by atoms with Crippen LogP contribution >= 0.6 is 0 Å². The Balaban J connectivity index is 1.51. The molecule has 0 unspecified atom stereocenters. The first-order chi connectivity index (χ1) is 13.4. The fourth-order valence-corrected chi connectivity index (χ4v) is 3.19. The van der Waals surface area contributed by atoms with Gasteiger partial charge in [0.05, 0.1) is 5.69 Å². The molecule has 28 heavy (non-hydrogen) atoms. The maximum atomic E-state index is 13.7. The number of likely N-dealkylation sites (tertiary alicyclic amines) is 1. The second-order valence-corrected chi connectivity index (χ2v) is 7.27. The normalized spacial score (nSPS) is 15.8. The standard InChI is InChI=1S/C21H23F2N3O2/c1-21(19(27)24-14-15-6-8-16(22)9-7-15)10-12-26(13-11-21)20(28)25-18-5-3-2-4-17(18)23/h2-9H,10-14H2,1H3,(H,24,27)(H,25,28). The molecule has 1 aliphatic heterocycles. The number of carbonyl (C=O) groups is 2. The van der Waals surface area contributed by atoms with Gasteiger partial charge in [-0.2, -0.15) is 0 Å². The van der Waals surface area contributed by atoms with Gasteiger partial charge < -0.3 is 15.5 Å². The van der Waals surface area contributed by atoms with Gasteiger partial charge in [0.15, 0.2) is 0 Å². The van der Waals surface area contributed by atoms with Crippen molar-refractivity contribution in [2.24, 2.45) is 5.41 Å². The van der Waals surface area contributed by atoms with Crippen molar-refractivity contribution in [1.82, 2.24) is 10.2 Å². The molecule has 1 saturated heterocycles. The average molecular weight is 387 g/mol. The summed E-state index contributed by atoms with van der Waals surface area (Å²) in [5, 5.41) is 5.46. The highest BCUT2D eigenvalue weighted by molar-refractivity contribution is 5.90. The van der Waals surface area contributed by atoms with Crippen LogP contribution in [0.25, 0.3) is 0 Å². The van der Waals surface area contributed by atoms with Gasteiger partial charge in [-0.05, 0) is 42.7 Å². The Morgan fingerprint density at radius 3 is 2.32 bits per heavy atom. The van der Waals surface area contributed by atoms with E-state index in [-0.39, 0.29) is 23.4 Å². The van der Waals surface area contributed by atoms with Gasteiger partial charge in [-0.1, -0.05) is 31.2 Å². The number of anilines is 1. The number of para-hydroxylation sites is 1. The highest BCUT2D eigenvalue weighted by Crippen LogP contribution is 2.31. The number of hydrogen-bond donors (Lipinski definition) is 2. The minimum Gasteiger partial charge on any atom is -0.352 e. The summed E-state index contributed by atoms with van der Waals surface area (Å²) in [6, 6.07) is 11.6. The summed E-state index contributed by atoms with van der Waals surface area (Å²) in [6.07, 6.45) is 1.01. The van der Waals surface area contributed by atoms with Crippen molar-refractivity contribution in [1.29, 1.82) is 0 Å². The summed E-state index contributed by atoms with van der Waals surface area (Å²) in [5.41, 5.74) is 0.368. The smallest absolute Gasteiger partial charge is 0.321 e. The van der Waals surface area contributed by atoms with Crippen LogP contribution in [0.4, 0.5) is 19.3 Å². The van der Waals surface area contributed by atoms with Crippen LogP contribution in [0.15, 0.2) is 48.5 Å². The number of benzene rings is 2. The molecule has 0 spiro atoms. The highest BCUT2D eigenvalue weighted by Gasteiger charge is 2.38. The van der Waals surface area contributed by atoms with Crippen LogP contribution in [0.3, 0.4) is 0 Å². The van der Waals surface area contributed by atoms with E-state index in [2.05, 4.69) is 10.6 Å². The molecule has 1 fully saturated rings.